The Morgan fingerprint density at radius 2 is 2.05 bits per heavy atom. The van der Waals surface area contributed by atoms with Crippen LogP contribution in [0.25, 0.3) is 0 Å². The minimum Gasteiger partial charge on any atom is -0.476 e. The minimum atomic E-state index is -5.29. The van der Waals surface area contributed by atoms with Gasteiger partial charge in [-0.1, -0.05) is 0 Å². The van der Waals surface area contributed by atoms with Gasteiger partial charge in [-0.05, 0) is 6.07 Å². The lowest BCUT2D eigenvalue weighted by atomic mass is 10.1. The Bertz CT molecular complexity index is 550. The zero-order chi connectivity index (χ0) is 14.8. The van der Waals surface area contributed by atoms with E-state index in [4.69, 9.17) is 10.4 Å². The first-order chi connectivity index (χ1) is 8.65. The molecule has 0 bridgehead atoms. The molecule has 5 nitrogen and oxygen atoms in total. The molecule has 0 spiro atoms. The Labute approximate surface area is 101 Å². The number of aromatic nitrogens is 1. The summed E-state index contributed by atoms with van der Waals surface area (Å²) < 4.78 is 64.3. The van der Waals surface area contributed by atoms with Gasteiger partial charge >= 0.3 is 12.3 Å². The Kier molecular flexibility index (Phi) is 3.89. The van der Waals surface area contributed by atoms with E-state index >= 15 is 0 Å². The number of ether oxygens (including phenoxy) is 1. The second-order valence-corrected chi connectivity index (χ2v) is 3.04. The summed E-state index contributed by atoms with van der Waals surface area (Å²) in [5.41, 5.74) is -3.55. The first kappa shape index (κ1) is 14.6. The summed E-state index contributed by atoms with van der Waals surface area (Å²) in [6.07, 6.45) is -8.53. The summed E-state index contributed by atoms with van der Waals surface area (Å²) in [5.74, 6) is -3.45. The van der Waals surface area contributed by atoms with Crippen LogP contribution in [-0.4, -0.2) is 22.4 Å². The van der Waals surface area contributed by atoms with Crippen molar-refractivity contribution in [2.45, 2.75) is 12.8 Å². The number of halogens is 5. The predicted octanol–water partition coefficient (Wildman–Crippen LogP) is 2.49. The van der Waals surface area contributed by atoms with Gasteiger partial charge in [-0.15, -0.1) is 13.2 Å². The molecule has 0 aliphatic rings. The van der Waals surface area contributed by atoms with E-state index in [2.05, 4.69) is 9.72 Å². The SMILES string of the molecule is N#Cc1cc(C(F)F)nc(C(=O)O)c1OC(F)(F)F. The van der Waals surface area contributed by atoms with Gasteiger partial charge in [-0.25, -0.2) is 18.6 Å². The molecule has 102 valence electrons. The van der Waals surface area contributed by atoms with Gasteiger partial charge in [-0.3, -0.25) is 0 Å². The fraction of sp³-hybridized carbons (Fsp3) is 0.222. The van der Waals surface area contributed by atoms with E-state index in [1.54, 1.807) is 0 Å². The van der Waals surface area contributed by atoms with Crippen LogP contribution >= 0.6 is 0 Å². The third-order valence-electron chi connectivity index (χ3n) is 1.76. The highest BCUT2D eigenvalue weighted by Crippen LogP contribution is 2.31. The Morgan fingerprint density at radius 1 is 1.47 bits per heavy atom. The number of carboxylic acids is 1. The van der Waals surface area contributed by atoms with E-state index in [1.165, 1.54) is 0 Å². The largest absolute Gasteiger partial charge is 0.573 e. The molecule has 19 heavy (non-hydrogen) atoms. The van der Waals surface area contributed by atoms with Crippen LogP contribution in [-0.2, 0) is 0 Å². The summed E-state index contributed by atoms with van der Waals surface area (Å²) in [6.45, 7) is 0. The highest BCUT2D eigenvalue weighted by Gasteiger charge is 2.36. The van der Waals surface area contributed by atoms with Crippen molar-refractivity contribution in [3.8, 4) is 11.8 Å². The van der Waals surface area contributed by atoms with Gasteiger partial charge in [0, 0.05) is 0 Å². The number of hydrogen-bond donors (Lipinski definition) is 1. The molecule has 10 heteroatoms. The molecule has 1 aromatic rings. The molecular weight excluding hydrogens is 279 g/mol. The third-order valence-corrected chi connectivity index (χ3v) is 1.76. The van der Waals surface area contributed by atoms with Gasteiger partial charge in [-0.2, -0.15) is 5.26 Å². The molecule has 0 aliphatic heterocycles. The van der Waals surface area contributed by atoms with Crippen molar-refractivity contribution in [1.82, 2.24) is 4.98 Å². The van der Waals surface area contributed by atoms with E-state index in [1.807, 2.05) is 0 Å². The molecule has 0 aromatic carbocycles. The summed E-state index contributed by atoms with van der Waals surface area (Å²) in [6, 6.07) is 1.48. The second kappa shape index (κ2) is 5.05. The Hall–Kier alpha value is -2.44. The lowest BCUT2D eigenvalue weighted by molar-refractivity contribution is -0.274. The van der Waals surface area contributed by atoms with Gasteiger partial charge in [0.25, 0.3) is 6.43 Å². The predicted molar refractivity (Wildman–Crippen MR) is 47.6 cm³/mol. The second-order valence-electron chi connectivity index (χ2n) is 3.04. The van der Waals surface area contributed by atoms with Crippen LogP contribution in [0.3, 0.4) is 0 Å². The zero-order valence-electron chi connectivity index (χ0n) is 8.70. The van der Waals surface area contributed by atoms with Crippen molar-refractivity contribution in [2.75, 3.05) is 0 Å². The highest BCUT2D eigenvalue weighted by atomic mass is 19.4. The highest BCUT2D eigenvalue weighted by molar-refractivity contribution is 5.89. The van der Waals surface area contributed by atoms with Crippen LogP contribution in [0.5, 0.6) is 5.75 Å². The molecule has 1 aromatic heterocycles. The number of aromatic carboxylic acids is 1. The molecular formula is C9H3F5N2O3. The lowest BCUT2D eigenvalue weighted by Crippen LogP contribution is -2.21. The summed E-state index contributed by atoms with van der Waals surface area (Å²) in [4.78, 5) is 13.5. The molecule has 0 atom stereocenters. The van der Waals surface area contributed by atoms with Gasteiger partial charge in [0.1, 0.15) is 11.8 Å². The van der Waals surface area contributed by atoms with Crippen LogP contribution in [0.4, 0.5) is 22.0 Å². The average Bonchev–Trinajstić information content (AvgIpc) is 2.26. The number of nitrogens with zero attached hydrogens (tertiary/aromatic N) is 2. The number of hydrogen-bond acceptors (Lipinski definition) is 4. The van der Waals surface area contributed by atoms with Gasteiger partial charge < -0.3 is 9.84 Å². The van der Waals surface area contributed by atoms with Crippen LogP contribution in [0.15, 0.2) is 6.07 Å². The fourth-order valence-electron chi connectivity index (χ4n) is 1.11. The van der Waals surface area contributed by atoms with Crippen molar-refractivity contribution >= 4 is 5.97 Å². The summed E-state index contributed by atoms with van der Waals surface area (Å²) in [5, 5.41) is 17.2. The van der Waals surface area contributed by atoms with Crippen molar-refractivity contribution in [3.05, 3.63) is 23.0 Å². The number of carbonyl (C=O) groups is 1. The van der Waals surface area contributed by atoms with Crippen LogP contribution in [0, 0.1) is 11.3 Å². The topological polar surface area (TPSA) is 83.2 Å². The zero-order valence-corrected chi connectivity index (χ0v) is 8.70. The molecule has 0 fully saturated rings. The van der Waals surface area contributed by atoms with E-state index in [0.29, 0.717) is 6.07 Å². The first-order valence-corrected chi connectivity index (χ1v) is 4.38. The molecule has 0 radical (unpaired) electrons. The normalized spacial score (nSPS) is 11.2. The number of nitriles is 1. The molecule has 0 saturated carbocycles. The van der Waals surface area contributed by atoms with Gasteiger partial charge in [0.05, 0.1) is 5.56 Å². The van der Waals surface area contributed by atoms with Gasteiger partial charge in [0.2, 0.25) is 0 Å². The maximum Gasteiger partial charge on any atom is 0.573 e. The summed E-state index contributed by atoms with van der Waals surface area (Å²) in [7, 11) is 0. The Morgan fingerprint density at radius 3 is 2.42 bits per heavy atom. The third kappa shape index (κ3) is 3.51. The van der Waals surface area contributed by atoms with E-state index in [0.717, 1.165) is 6.07 Å². The monoisotopic (exact) mass is 282 g/mol. The van der Waals surface area contributed by atoms with E-state index < -0.39 is 41.5 Å². The molecule has 0 unspecified atom stereocenters. The molecule has 1 rings (SSSR count). The van der Waals surface area contributed by atoms with Crippen molar-refractivity contribution in [1.29, 1.82) is 5.26 Å². The number of alkyl halides is 5. The Balaban J connectivity index is 3.51. The molecule has 0 saturated heterocycles. The van der Waals surface area contributed by atoms with Crippen molar-refractivity contribution in [2.24, 2.45) is 0 Å². The fourth-order valence-corrected chi connectivity index (χ4v) is 1.11. The van der Waals surface area contributed by atoms with Crippen LogP contribution in [0.1, 0.15) is 28.2 Å². The van der Waals surface area contributed by atoms with Crippen molar-refractivity contribution < 1.29 is 36.6 Å². The van der Waals surface area contributed by atoms with Crippen molar-refractivity contribution in [3.63, 3.8) is 0 Å². The maximum absolute atomic E-state index is 12.4. The smallest absolute Gasteiger partial charge is 0.476 e. The molecule has 0 aliphatic carbocycles. The minimum absolute atomic E-state index is 0.332. The van der Waals surface area contributed by atoms with E-state index in [-0.39, 0.29) is 0 Å². The maximum atomic E-state index is 12.4. The average molecular weight is 282 g/mol. The quantitative estimate of drug-likeness (QED) is 0.861. The molecule has 0 amide bonds. The molecule has 1 heterocycles. The van der Waals surface area contributed by atoms with Crippen LogP contribution in [0.2, 0.25) is 0 Å². The number of carboxylic acid groups (broad SMARTS) is 1. The van der Waals surface area contributed by atoms with E-state index in [9.17, 15) is 26.7 Å². The number of pyridine rings is 1. The number of rotatable bonds is 3. The summed E-state index contributed by atoms with van der Waals surface area (Å²) >= 11 is 0. The standard InChI is InChI=1S/C9H3F5N2O3/c10-7(11)4-1-3(2-15)6(19-9(12,13)14)5(16-4)8(17)18/h1,7H,(H,17,18). The lowest BCUT2D eigenvalue weighted by Gasteiger charge is -2.13. The first-order valence-electron chi connectivity index (χ1n) is 4.38. The van der Waals surface area contributed by atoms with Gasteiger partial charge in [0.15, 0.2) is 11.4 Å². The van der Waals surface area contributed by atoms with Crippen LogP contribution < -0.4 is 4.74 Å². The molecule has 1 N–H and O–H groups in total.